The molecule has 0 unspecified atom stereocenters. The predicted octanol–water partition coefficient (Wildman–Crippen LogP) is 4.31. The first-order valence-corrected chi connectivity index (χ1v) is 8.65. The summed E-state index contributed by atoms with van der Waals surface area (Å²) in [7, 11) is 1.57. The van der Waals surface area contributed by atoms with Crippen LogP contribution in [0.4, 0.5) is 10.2 Å². The van der Waals surface area contributed by atoms with Crippen LogP contribution >= 0.6 is 0 Å². The molecule has 0 amide bonds. The Morgan fingerprint density at radius 3 is 2.85 bits per heavy atom. The Kier molecular flexibility index (Phi) is 4.70. The van der Waals surface area contributed by atoms with Crippen LogP contribution < -0.4 is 10.1 Å². The van der Waals surface area contributed by atoms with Crippen molar-refractivity contribution in [2.24, 2.45) is 0 Å². The van der Waals surface area contributed by atoms with Gasteiger partial charge in [0.1, 0.15) is 23.0 Å². The molecule has 1 aromatic carbocycles. The Morgan fingerprint density at radius 2 is 2.04 bits per heavy atom. The SMILES string of the molecule is COc1ccc(F)cc1CNc1ccc(Cc2c[nH]c3ncccc23)cn1. The molecule has 0 fully saturated rings. The molecule has 0 bridgehead atoms. The van der Waals surface area contributed by atoms with Crippen LogP contribution in [0.3, 0.4) is 0 Å². The van der Waals surface area contributed by atoms with Gasteiger partial charge >= 0.3 is 0 Å². The lowest BCUT2D eigenvalue weighted by atomic mass is 10.1. The number of pyridine rings is 2. The highest BCUT2D eigenvalue weighted by Crippen LogP contribution is 2.22. The third-order valence-corrected chi connectivity index (χ3v) is 4.46. The summed E-state index contributed by atoms with van der Waals surface area (Å²) in [5.74, 6) is 1.09. The fraction of sp³-hybridized carbons (Fsp3) is 0.143. The number of aromatic amines is 1. The van der Waals surface area contributed by atoms with Gasteiger partial charge in [0.25, 0.3) is 0 Å². The number of methoxy groups -OCH3 is 1. The van der Waals surface area contributed by atoms with Gasteiger partial charge < -0.3 is 15.0 Å². The summed E-state index contributed by atoms with van der Waals surface area (Å²) in [4.78, 5) is 12.0. The van der Waals surface area contributed by atoms with Gasteiger partial charge in [-0.1, -0.05) is 6.07 Å². The summed E-state index contributed by atoms with van der Waals surface area (Å²) in [5.41, 5.74) is 3.93. The number of benzene rings is 1. The molecule has 4 aromatic rings. The maximum absolute atomic E-state index is 13.4. The fourth-order valence-corrected chi connectivity index (χ4v) is 3.08. The number of nitrogens with zero attached hydrogens (tertiary/aromatic N) is 2. The molecular weight excluding hydrogens is 343 g/mol. The monoisotopic (exact) mass is 362 g/mol. The minimum Gasteiger partial charge on any atom is -0.496 e. The summed E-state index contributed by atoms with van der Waals surface area (Å²) >= 11 is 0. The first-order valence-electron chi connectivity index (χ1n) is 8.65. The first kappa shape index (κ1) is 17.0. The van der Waals surface area contributed by atoms with Crippen LogP contribution in [0.25, 0.3) is 11.0 Å². The predicted molar refractivity (Wildman–Crippen MR) is 103 cm³/mol. The number of hydrogen-bond donors (Lipinski definition) is 2. The van der Waals surface area contributed by atoms with E-state index in [1.807, 2.05) is 30.6 Å². The van der Waals surface area contributed by atoms with E-state index in [1.165, 1.54) is 17.7 Å². The molecule has 5 nitrogen and oxygen atoms in total. The summed E-state index contributed by atoms with van der Waals surface area (Å²) in [6.07, 6.45) is 6.38. The number of nitrogens with one attached hydrogen (secondary N) is 2. The second-order valence-electron chi connectivity index (χ2n) is 6.25. The Labute approximate surface area is 156 Å². The quantitative estimate of drug-likeness (QED) is 0.537. The number of anilines is 1. The van der Waals surface area contributed by atoms with Crippen molar-refractivity contribution in [1.29, 1.82) is 0 Å². The molecule has 0 atom stereocenters. The molecule has 3 heterocycles. The van der Waals surface area contributed by atoms with Gasteiger partial charge in [0.2, 0.25) is 0 Å². The van der Waals surface area contributed by atoms with Gasteiger partial charge in [0, 0.05) is 42.5 Å². The van der Waals surface area contributed by atoms with Gasteiger partial charge in [-0.05, 0) is 47.5 Å². The normalized spacial score (nSPS) is 10.9. The van der Waals surface area contributed by atoms with Gasteiger partial charge in [-0.2, -0.15) is 0 Å². The fourth-order valence-electron chi connectivity index (χ4n) is 3.08. The summed E-state index contributed by atoms with van der Waals surface area (Å²) in [6, 6.07) is 12.4. The van der Waals surface area contributed by atoms with Gasteiger partial charge in [-0.3, -0.25) is 0 Å². The van der Waals surface area contributed by atoms with Crippen LogP contribution in [0.1, 0.15) is 16.7 Å². The lowest BCUT2D eigenvalue weighted by Gasteiger charge is -2.10. The average molecular weight is 362 g/mol. The van der Waals surface area contributed by atoms with E-state index in [0.717, 1.165) is 34.4 Å². The lowest BCUT2D eigenvalue weighted by molar-refractivity contribution is 0.409. The standard InChI is InChI=1S/C21H19FN4O/c1-27-19-6-5-17(22)10-16(19)13-25-20-7-4-14(11-24-20)9-15-12-26-21-18(15)3-2-8-23-21/h2-8,10-12H,9,13H2,1H3,(H,23,26)(H,24,25). The zero-order valence-corrected chi connectivity index (χ0v) is 14.9. The smallest absolute Gasteiger partial charge is 0.137 e. The van der Waals surface area contributed by atoms with Crippen LogP contribution in [-0.2, 0) is 13.0 Å². The van der Waals surface area contributed by atoms with Crippen LogP contribution in [-0.4, -0.2) is 22.1 Å². The Hall–Kier alpha value is -3.41. The number of halogens is 1. The van der Waals surface area contributed by atoms with Crippen LogP contribution in [0.2, 0.25) is 0 Å². The third kappa shape index (κ3) is 3.74. The van der Waals surface area contributed by atoms with Crippen molar-refractivity contribution in [3.8, 4) is 5.75 Å². The summed E-state index contributed by atoms with van der Waals surface area (Å²) in [5, 5.41) is 4.33. The second kappa shape index (κ2) is 7.45. The lowest BCUT2D eigenvalue weighted by Crippen LogP contribution is -2.04. The average Bonchev–Trinajstić information content (AvgIpc) is 3.10. The summed E-state index contributed by atoms with van der Waals surface area (Å²) < 4.78 is 18.7. The first-order chi connectivity index (χ1) is 13.2. The van der Waals surface area contributed by atoms with Crippen LogP contribution in [0, 0.1) is 5.82 Å². The molecule has 0 saturated carbocycles. The highest BCUT2D eigenvalue weighted by molar-refractivity contribution is 5.79. The van der Waals surface area contributed by atoms with Crippen molar-refractivity contribution in [2.45, 2.75) is 13.0 Å². The molecule has 0 spiro atoms. The molecule has 0 aliphatic rings. The van der Waals surface area contributed by atoms with E-state index in [9.17, 15) is 4.39 Å². The largest absolute Gasteiger partial charge is 0.496 e. The van der Waals surface area contributed by atoms with E-state index < -0.39 is 0 Å². The Morgan fingerprint density at radius 1 is 1.11 bits per heavy atom. The topological polar surface area (TPSA) is 62.8 Å². The van der Waals surface area contributed by atoms with E-state index in [4.69, 9.17) is 4.74 Å². The molecule has 136 valence electrons. The van der Waals surface area contributed by atoms with Crippen LogP contribution in [0.15, 0.2) is 61.1 Å². The number of ether oxygens (including phenoxy) is 1. The zero-order valence-electron chi connectivity index (χ0n) is 14.9. The molecule has 3 aromatic heterocycles. The third-order valence-electron chi connectivity index (χ3n) is 4.46. The molecule has 0 radical (unpaired) electrons. The molecule has 6 heteroatoms. The van der Waals surface area contributed by atoms with E-state index in [-0.39, 0.29) is 5.82 Å². The van der Waals surface area contributed by atoms with Crippen LogP contribution in [0.5, 0.6) is 5.75 Å². The number of fused-ring (bicyclic) bond motifs is 1. The van der Waals surface area contributed by atoms with E-state index in [1.54, 1.807) is 19.4 Å². The van der Waals surface area contributed by atoms with Gasteiger partial charge in [0.05, 0.1) is 7.11 Å². The minimum atomic E-state index is -0.288. The molecule has 27 heavy (non-hydrogen) atoms. The molecule has 0 aliphatic carbocycles. The molecule has 2 N–H and O–H groups in total. The second-order valence-corrected chi connectivity index (χ2v) is 6.25. The van der Waals surface area contributed by atoms with E-state index in [2.05, 4.69) is 26.3 Å². The van der Waals surface area contributed by atoms with E-state index >= 15 is 0 Å². The van der Waals surface area contributed by atoms with Crippen molar-refractivity contribution in [2.75, 3.05) is 12.4 Å². The zero-order chi connectivity index (χ0) is 18.6. The number of rotatable bonds is 6. The van der Waals surface area contributed by atoms with Crippen molar-refractivity contribution in [3.63, 3.8) is 0 Å². The molecule has 0 aliphatic heterocycles. The minimum absolute atomic E-state index is 0.288. The van der Waals surface area contributed by atoms with Crippen molar-refractivity contribution in [3.05, 3.63) is 83.6 Å². The van der Waals surface area contributed by atoms with Crippen molar-refractivity contribution >= 4 is 16.9 Å². The van der Waals surface area contributed by atoms with E-state index in [0.29, 0.717) is 12.3 Å². The van der Waals surface area contributed by atoms with Crippen molar-refractivity contribution < 1.29 is 9.13 Å². The number of aromatic nitrogens is 3. The number of H-pyrrole nitrogens is 1. The Balaban J connectivity index is 1.44. The van der Waals surface area contributed by atoms with Gasteiger partial charge in [-0.15, -0.1) is 0 Å². The van der Waals surface area contributed by atoms with Crippen molar-refractivity contribution in [1.82, 2.24) is 15.0 Å². The highest BCUT2D eigenvalue weighted by Gasteiger charge is 2.07. The number of hydrogen-bond acceptors (Lipinski definition) is 4. The maximum Gasteiger partial charge on any atom is 0.137 e. The maximum atomic E-state index is 13.4. The molecule has 4 rings (SSSR count). The van der Waals surface area contributed by atoms with Gasteiger partial charge in [0.15, 0.2) is 0 Å². The molecular formula is C21H19FN4O. The molecule has 0 saturated heterocycles. The highest BCUT2D eigenvalue weighted by atomic mass is 19.1. The Bertz CT molecular complexity index is 1060. The van der Waals surface area contributed by atoms with Gasteiger partial charge in [-0.25, -0.2) is 14.4 Å². The summed E-state index contributed by atoms with van der Waals surface area (Å²) in [6.45, 7) is 0.432.